The van der Waals surface area contributed by atoms with Crippen LogP contribution in [0.3, 0.4) is 0 Å². The Balaban J connectivity index is 2.36. The maximum atomic E-state index is 12.8. The van der Waals surface area contributed by atoms with E-state index in [4.69, 9.17) is 4.74 Å². The first-order chi connectivity index (χ1) is 13.0. The van der Waals surface area contributed by atoms with E-state index in [-0.39, 0.29) is 28.2 Å². The molecule has 0 fully saturated rings. The van der Waals surface area contributed by atoms with Crippen LogP contribution >= 0.6 is 0 Å². The maximum Gasteiger partial charge on any atom is 0.251 e. The van der Waals surface area contributed by atoms with Gasteiger partial charge in [0.15, 0.2) is 0 Å². The van der Waals surface area contributed by atoms with Gasteiger partial charge in [-0.05, 0) is 68.1 Å². The molecule has 0 saturated heterocycles. The molecular formula is C21H28N2O4S. The number of carbonyl (C=O) groups excluding carboxylic acids is 1. The predicted octanol–water partition coefficient (Wildman–Crippen LogP) is 3.36. The largest absolute Gasteiger partial charge is 0.495 e. The Kier molecular flexibility index (Phi) is 6.52. The van der Waals surface area contributed by atoms with E-state index in [1.807, 2.05) is 20.8 Å². The van der Waals surface area contributed by atoms with Crippen molar-refractivity contribution in [3.05, 3.63) is 58.1 Å². The summed E-state index contributed by atoms with van der Waals surface area (Å²) >= 11 is 0. The first-order valence-electron chi connectivity index (χ1n) is 8.98. The molecule has 0 saturated carbocycles. The third kappa shape index (κ3) is 4.36. The minimum atomic E-state index is -3.75. The Bertz CT molecular complexity index is 998. The summed E-state index contributed by atoms with van der Waals surface area (Å²) in [5.74, 6) is -0.147. The van der Waals surface area contributed by atoms with E-state index in [0.29, 0.717) is 0 Å². The highest BCUT2D eigenvalue weighted by Gasteiger charge is 2.24. The summed E-state index contributed by atoms with van der Waals surface area (Å²) in [4.78, 5) is 12.7. The lowest BCUT2D eigenvalue weighted by Gasteiger charge is -2.19. The van der Waals surface area contributed by atoms with Crippen LogP contribution in [-0.2, 0) is 10.0 Å². The van der Waals surface area contributed by atoms with Crippen LogP contribution in [0.1, 0.15) is 45.6 Å². The molecule has 0 radical (unpaired) electrons. The van der Waals surface area contributed by atoms with Crippen molar-refractivity contribution in [1.29, 1.82) is 0 Å². The molecular weight excluding hydrogens is 376 g/mol. The van der Waals surface area contributed by atoms with E-state index in [2.05, 4.69) is 24.4 Å². The summed E-state index contributed by atoms with van der Waals surface area (Å²) < 4.78 is 31.4. The third-order valence-corrected chi connectivity index (χ3v) is 6.72. The minimum absolute atomic E-state index is 0.0392. The predicted molar refractivity (Wildman–Crippen MR) is 110 cm³/mol. The number of amides is 1. The second-order valence-electron chi connectivity index (χ2n) is 7.14. The van der Waals surface area contributed by atoms with Gasteiger partial charge in [-0.2, -0.15) is 0 Å². The van der Waals surface area contributed by atoms with Crippen molar-refractivity contribution in [3.8, 4) is 5.75 Å². The fourth-order valence-electron chi connectivity index (χ4n) is 3.02. The Morgan fingerprint density at radius 1 is 1.04 bits per heavy atom. The van der Waals surface area contributed by atoms with Crippen molar-refractivity contribution >= 4 is 15.9 Å². The minimum Gasteiger partial charge on any atom is -0.495 e. The lowest BCUT2D eigenvalue weighted by molar-refractivity contribution is 0.0939. The molecule has 0 aliphatic heterocycles. The molecule has 1 amide bonds. The van der Waals surface area contributed by atoms with E-state index >= 15 is 0 Å². The van der Waals surface area contributed by atoms with Crippen LogP contribution in [0.5, 0.6) is 5.75 Å². The van der Waals surface area contributed by atoms with Crippen molar-refractivity contribution in [3.63, 3.8) is 0 Å². The van der Waals surface area contributed by atoms with Gasteiger partial charge in [0.25, 0.3) is 5.91 Å². The van der Waals surface area contributed by atoms with Crippen LogP contribution in [0.4, 0.5) is 0 Å². The van der Waals surface area contributed by atoms with Gasteiger partial charge >= 0.3 is 0 Å². The molecule has 1 N–H and O–H groups in total. The van der Waals surface area contributed by atoms with Crippen molar-refractivity contribution in [2.75, 3.05) is 21.2 Å². The highest BCUT2D eigenvalue weighted by Crippen LogP contribution is 2.27. The number of ether oxygens (including phenoxy) is 1. The molecule has 2 rings (SSSR count). The highest BCUT2D eigenvalue weighted by molar-refractivity contribution is 7.89. The molecule has 0 spiro atoms. The number of nitrogens with one attached hydrogen (secondary N) is 1. The molecule has 0 heterocycles. The van der Waals surface area contributed by atoms with Gasteiger partial charge in [0.1, 0.15) is 10.6 Å². The summed E-state index contributed by atoms with van der Waals surface area (Å²) in [5.41, 5.74) is 4.75. The zero-order chi connectivity index (χ0) is 21.2. The molecule has 2 aromatic rings. The molecule has 0 aliphatic rings. The van der Waals surface area contributed by atoms with Gasteiger partial charge in [-0.15, -0.1) is 0 Å². The molecule has 0 bridgehead atoms. The quantitative estimate of drug-likeness (QED) is 0.801. The van der Waals surface area contributed by atoms with Gasteiger partial charge < -0.3 is 10.1 Å². The Morgan fingerprint density at radius 3 is 2.21 bits per heavy atom. The fourth-order valence-corrected chi connectivity index (χ4v) is 4.10. The summed E-state index contributed by atoms with van der Waals surface area (Å²) in [6.07, 6.45) is 0. The van der Waals surface area contributed by atoms with Crippen LogP contribution in [-0.4, -0.2) is 39.8 Å². The van der Waals surface area contributed by atoms with Crippen LogP contribution in [0.25, 0.3) is 0 Å². The van der Waals surface area contributed by atoms with Gasteiger partial charge in [0, 0.05) is 19.7 Å². The van der Waals surface area contributed by atoms with Crippen molar-refractivity contribution in [1.82, 2.24) is 9.62 Å². The lowest BCUT2D eigenvalue weighted by Crippen LogP contribution is -2.28. The smallest absolute Gasteiger partial charge is 0.251 e. The van der Waals surface area contributed by atoms with E-state index in [0.717, 1.165) is 21.0 Å². The molecule has 28 heavy (non-hydrogen) atoms. The Labute approximate surface area is 167 Å². The Hall–Kier alpha value is -2.38. The number of hydrogen-bond donors (Lipinski definition) is 1. The van der Waals surface area contributed by atoms with Gasteiger partial charge in [-0.3, -0.25) is 4.79 Å². The van der Waals surface area contributed by atoms with Crippen LogP contribution in [0.15, 0.2) is 35.2 Å². The summed E-state index contributed by atoms with van der Waals surface area (Å²) in [7, 11) is 0.525. The van der Waals surface area contributed by atoms with Gasteiger partial charge in [0.05, 0.1) is 13.2 Å². The van der Waals surface area contributed by atoms with Crippen LogP contribution in [0.2, 0.25) is 0 Å². The molecule has 0 unspecified atom stereocenters. The highest BCUT2D eigenvalue weighted by atomic mass is 32.2. The SMILES string of the molecule is COc1ccc(C(=O)N[C@H](C)c2cc(C)c(C)cc2C)cc1S(=O)(=O)N(C)C. The zero-order valence-electron chi connectivity index (χ0n) is 17.5. The molecule has 6 nitrogen and oxygen atoms in total. The number of hydrogen-bond acceptors (Lipinski definition) is 4. The zero-order valence-corrected chi connectivity index (χ0v) is 18.3. The monoisotopic (exact) mass is 404 g/mol. The summed E-state index contributed by atoms with van der Waals surface area (Å²) in [6, 6.07) is 8.36. The van der Waals surface area contributed by atoms with E-state index in [1.54, 1.807) is 6.07 Å². The number of methoxy groups -OCH3 is 1. The molecule has 2 aromatic carbocycles. The second kappa shape index (κ2) is 8.32. The number of rotatable bonds is 6. The molecule has 0 aromatic heterocycles. The van der Waals surface area contributed by atoms with Crippen molar-refractivity contribution < 1.29 is 17.9 Å². The number of carbonyl (C=O) groups is 1. The topological polar surface area (TPSA) is 75.7 Å². The van der Waals surface area contributed by atoms with E-state index in [1.165, 1.54) is 38.9 Å². The Morgan fingerprint density at radius 2 is 1.64 bits per heavy atom. The molecule has 7 heteroatoms. The molecule has 0 aliphatic carbocycles. The number of sulfonamides is 1. The molecule has 1 atom stereocenters. The average Bonchev–Trinajstić information content (AvgIpc) is 2.63. The van der Waals surface area contributed by atoms with Crippen LogP contribution in [0, 0.1) is 20.8 Å². The van der Waals surface area contributed by atoms with Gasteiger partial charge in [-0.25, -0.2) is 12.7 Å². The number of aryl methyl sites for hydroxylation is 3. The van der Waals surface area contributed by atoms with Crippen LogP contribution < -0.4 is 10.1 Å². The number of nitrogens with zero attached hydrogens (tertiary/aromatic N) is 1. The van der Waals surface area contributed by atoms with Gasteiger partial charge in [-0.1, -0.05) is 12.1 Å². The normalized spacial score (nSPS) is 12.7. The summed E-state index contributed by atoms with van der Waals surface area (Å²) in [6.45, 7) is 8.02. The van der Waals surface area contributed by atoms with Crippen molar-refractivity contribution in [2.24, 2.45) is 0 Å². The van der Waals surface area contributed by atoms with Gasteiger partial charge in [0.2, 0.25) is 10.0 Å². The molecule has 152 valence electrons. The first-order valence-corrected chi connectivity index (χ1v) is 10.4. The second-order valence-corrected chi connectivity index (χ2v) is 9.26. The van der Waals surface area contributed by atoms with Crippen molar-refractivity contribution in [2.45, 2.75) is 38.6 Å². The lowest BCUT2D eigenvalue weighted by atomic mass is 9.96. The fraction of sp³-hybridized carbons (Fsp3) is 0.381. The van der Waals surface area contributed by atoms with E-state index < -0.39 is 10.0 Å². The average molecular weight is 405 g/mol. The third-order valence-electron chi connectivity index (χ3n) is 4.88. The standard InChI is InChI=1S/C21H28N2O4S/c1-13-10-15(3)18(11-14(13)2)16(4)22-21(24)17-8-9-19(27-7)20(12-17)28(25,26)23(5)6/h8-12,16H,1-7H3,(H,22,24)/t16-/m1/s1. The number of benzene rings is 2. The van der Waals surface area contributed by atoms with E-state index in [9.17, 15) is 13.2 Å². The summed E-state index contributed by atoms with van der Waals surface area (Å²) in [5, 5.41) is 2.96. The first kappa shape index (κ1) is 21.9. The maximum absolute atomic E-state index is 12.8.